The minimum absolute atomic E-state index is 0.228. The quantitative estimate of drug-likeness (QED) is 0.625. The summed E-state index contributed by atoms with van der Waals surface area (Å²) in [4.78, 5) is 13.6. The van der Waals surface area contributed by atoms with Crippen molar-refractivity contribution in [2.24, 2.45) is 0 Å². The highest BCUT2D eigenvalue weighted by molar-refractivity contribution is 7.08. The second kappa shape index (κ2) is 5.09. The maximum Gasteiger partial charge on any atom is 0.310 e. The molecule has 1 rings (SSSR count). The Morgan fingerprint density at radius 2 is 2.46 bits per heavy atom. The molecule has 0 radical (unpaired) electrons. The fourth-order valence-electron chi connectivity index (χ4n) is 0.911. The van der Waals surface area contributed by atoms with Crippen LogP contribution in [0.4, 0.5) is 5.69 Å². The molecule has 0 aliphatic rings. The molecule has 0 bridgehead atoms. The lowest BCUT2D eigenvalue weighted by atomic mass is 10.2. The van der Waals surface area contributed by atoms with E-state index >= 15 is 0 Å². The molecule has 1 heterocycles. The number of carbonyl (C=O) groups excluding carboxylic acids is 1. The second-order valence-corrected chi connectivity index (χ2v) is 3.32. The van der Waals surface area contributed by atoms with Gasteiger partial charge in [-0.15, -0.1) is 11.3 Å². The van der Waals surface area contributed by atoms with Crippen LogP contribution in [0.3, 0.4) is 0 Å². The molecule has 1 aromatic heterocycles. The van der Waals surface area contributed by atoms with Crippen LogP contribution in [0.5, 0.6) is 0 Å². The van der Waals surface area contributed by atoms with Crippen molar-refractivity contribution in [1.29, 1.82) is 0 Å². The van der Waals surface area contributed by atoms with Crippen LogP contribution in [0.1, 0.15) is 12.5 Å². The molecule has 0 aliphatic heterocycles. The Morgan fingerprint density at radius 3 is 3.08 bits per heavy atom. The lowest BCUT2D eigenvalue weighted by Crippen LogP contribution is -2.07. The van der Waals surface area contributed by atoms with Gasteiger partial charge in [-0.2, -0.15) is 0 Å². The van der Waals surface area contributed by atoms with Crippen LogP contribution in [-0.2, 0) is 16.0 Å². The van der Waals surface area contributed by atoms with E-state index in [4.69, 9.17) is 16.5 Å². The number of ether oxygens (including phenoxy) is 1. The first kappa shape index (κ1) is 10.3. The summed E-state index contributed by atoms with van der Waals surface area (Å²) in [5, 5.41) is 3.73. The Balaban J connectivity index is 2.57. The number of esters is 1. The predicted octanol–water partition coefficient (Wildman–Crippen LogP) is 2.42. The minimum Gasteiger partial charge on any atom is -0.466 e. The second-order valence-electron chi connectivity index (χ2n) is 2.39. The molecule has 1 aromatic rings. The van der Waals surface area contributed by atoms with E-state index in [1.807, 2.05) is 10.8 Å². The van der Waals surface area contributed by atoms with E-state index in [9.17, 15) is 4.79 Å². The predicted molar refractivity (Wildman–Crippen MR) is 54.1 cm³/mol. The molecule has 13 heavy (non-hydrogen) atoms. The van der Waals surface area contributed by atoms with Crippen molar-refractivity contribution in [3.63, 3.8) is 0 Å². The van der Waals surface area contributed by atoms with Crippen molar-refractivity contribution < 1.29 is 9.53 Å². The van der Waals surface area contributed by atoms with E-state index in [0.29, 0.717) is 6.61 Å². The number of rotatable bonds is 4. The van der Waals surface area contributed by atoms with E-state index in [0.717, 1.165) is 11.3 Å². The third-order valence-electron chi connectivity index (χ3n) is 1.48. The molecule has 0 aromatic carbocycles. The Kier molecular flexibility index (Phi) is 4.05. The number of hydrogen-bond acceptors (Lipinski definition) is 4. The number of thiophene rings is 1. The standard InChI is InChI=1S/C8H10ClNO2S/c1-2-12-8(11)3-6-4-13-5-7(6)10-9/h4-5,10H,2-3H2,1H3. The molecule has 0 unspecified atom stereocenters. The van der Waals surface area contributed by atoms with Crippen molar-refractivity contribution in [3.05, 3.63) is 16.3 Å². The summed E-state index contributed by atoms with van der Waals surface area (Å²) in [6.07, 6.45) is 0.270. The molecule has 3 nitrogen and oxygen atoms in total. The van der Waals surface area contributed by atoms with Crippen molar-refractivity contribution in [2.75, 3.05) is 11.4 Å². The fourth-order valence-corrected chi connectivity index (χ4v) is 1.94. The summed E-state index contributed by atoms with van der Waals surface area (Å²) in [7, 11) is 0. The fraction of sp³-hybridized carbons (Fsp3) is 0.375. The van der Waals surface area contributed by atoms with Crippen molar-refractivity contribution in [2.45, 2.75) is 13.3 Å². The SMILES string of the molecule is CCOC(=O)Cc1cscc1NCl. The van der Waals surface area contributed by atoms with Gasteiger partial charge in [0, 0.05) is 17.2 Å². The number of nitrogens with one attached hydrogen (secondary N) is 1. The summed E-state index contributed by atoms with van der Waals surface area (Å²) in [6.45, 7) is 2.19. The van der Waals surface area contributed by atoms with Gasteiger partial charge in [-0.25, -0.2) is 0 Å². The van der Waals surface area contributed by atoms with E-state index in [1.54, 1.807) is 6.92 Å². The van der Waals surface area contributed by atoms with E-state index in [-0.39, 0.29) is 12.4 Å². The lowest BCUT2D eigenvalue weighted by molar-refractivity contribution is -0.142. The zero-order chi connectivity index (χ0) is 9.68. The molecule has 0 saturated carbocycles. The number of hydrogen-bond donors (Lipinski definition) is 1. The van der Waals surface area contributed by atoms with Gasteiger partial charge in [0.25, 0.3) is 0 Å². The molecule has 5 heteroatoms. The van der Waals surface area contributed by atoms with Gasteiger partial charge in [0.05, 0.1) is 18.7 Å². The molecular weight excluding hydrogens is 210 g/mol. The van der Waals surface area contributed by atoms with Crippen LogP contribution >= 0.6 is 23.1 Å². The largest absolute Gasteiger partial charge is 0.466 e. The molecule has 0 saturated heterocycles. The smallest absolute Gasteiger partial charge is 0.310 e. The Bertz CT molecular complexity index is 287. The van der Waals surface area contributed by atoms with Crippen LogP contribution in [0.2, 0.25) is 0 Å². The number of anilines is 1. The van der Waals surface area contributed by atoms with Crippen LogP contribution in [-0.4, -0.2) is 12.6 Å². The van der Waals surface area contributed by atoms with E-state index in [2.05, 4.69) is 4.84 Å². The molecule has 0 atom stereocenters. The number of halogens is 1. The average Bonchev–Trinajstić information content (AvgIpc) is 2.52. The zero-order valence-corrected chi connectivity index (χ0v) is 8.74. The maximum absolute atomic E-state index is 11.1. The first-order chi connectivity index (χ1) is 6.27. The Hall–Kier alpha value is -0.740. The molecule has 0 fully saturated rings. The van der Waals surface area contributed by atoms with Crippen LogP contribution in [0.25, 0.3) is 0 Å². The van der Waals surface area contributed by atoms with Gasteiger partial charge in [0.15, 0.2) is 0 Å². The minimum atomic E-state index is -0.228. The molecule has 0 amide bonds. The van der Waals surface area contributed by atoms with Gasteiger partial charge in [0.2, 0.25) is 0 Å². The summed E-state index contributed by atoms with van der Waals surface area (Å²) in [5.74, 6) is -0.228. The highest BCUT2D eigenvalue weighted by Crippen LogP contribution is 2.22. The average molecular weight is 220 g/mol. The first-order valence-corrected chi connectivity index (χ1v) is 5.17. The lowest BCUT2D eigenvalue weighted by Gasteiger charge is -2.01. The summed E-state index contributed by atoms with van der Waals surface area (Å²) in [6, 6.07) is 0. The number of carbonyl (C=O) groups is 1. The van der Waals surface area contributed by atoms with Gasteiger partial charge in [-0.3, -0.25) is 9.63 Å². The molecular formula is C8H10ClNO2S. The van der Waals surface area contributed by atoms with Gasteiger partial charge < -0.3 is 4.74 Å². The zero-order valence-electron chi connectivity index (χ0n) is 7.17. The summed E-state index contributed by atoms with van der Waals surface area (Å²) < 4.78 is 4.81. The van der Waals surface area contributed by atoms with Gasteiger partial charge in [-0.1, -0.05) is 0 Å². The van der Waals surface area contributed by atoms with Gasteiger partial charge in [0.1, 0.15) is 0 Å². The Morgan fingerprint density at radius 1 is 1.69 bits per heavy atom. The van der Waals surface area contributed by atoms with Crippen LogP contribution in [0, 0.1) is 0 Å². The summed E-state index contributed by atoms with van der Waals surface area (Å²) >= 11 is 6.93. The van der Waals surface area contributed by atoms with Crippen LogP contribution < -0.4 is 4.84 Å². The van der Waals surface area contributed by atoms with Crippen LogP contribution in [0.15, 0.2) is 10.8 Å². The van der Waals surface area contributed by atoms with E-state index in [1.165, 1.54) is 11.3 Å². The van der Waals surface area contributed by atoms with Gasteiger partial charge >= 0.3 is 5.97 Å². The molecule has 1 N–H and O–H groups in total. The topological polar surface area (TPSA) is 38.3 Å². The highest BCUT2D eigenvalue weighted by atomic mass is 35.5. The van der Waals surface area contributed by atoms with Crippen molar-refractivity contribution in [1.82, 2.24) is 0 Å². The first-order valence-electron chi connectivity index (χ1n) is 3.85. The van der Waals surface area contributed by atoms with Gasteiger partial charge in [-0.05, 0) is 17.9 Å². The van der Waals surface area contributed by atoms with Crippen molar-refractivity contribution >= 4 is 34.8 Å². The maximum atomic E-state index is 11.1. The molecule has 0 spiro atoms. The Labute approximate surface area is 85.8 Å². The molecule has 0 aliphatic carbocycles. The third-order valence-corrected chi connectivity index (χ3v) is 2.48. The monoisotopic (exact) mass is 219 g/mol. The normalized spacial score (nSPS) is 9.69. The third kappa shape index (κ3) is 2.90. The summed E-state index contributed by atoms with van der Waals surface area (Å²) in [5.41, 5.74) is 1.65. The van der Waals surface area contributed by atoms with Crippen molar-refractivity contribution in [3.8, 4) is 0 Å². The highest BCUT2D eigenvalue weighted by Gasteiger charge is 2.08. The van der Waals surface area contributed by atoms with E-state index < -0.39 is 0 Å². The molecule has 72 valence electrons.